The number of benzene rings is 1. The van der Waals surface area contributed by atoms with Gasteiger partial charge in [0.05, 0.1) is 15.9 Å². The van der Waals surface area contributed by atoms with E-state index in [4.69, 9.17) is 0 Å². The standard InChI is InChI=1S/C11H17NO5S2/c1-12-7-9(13)8-4-5-10(18(2,14)15)11(6-8)19(3,16)17/h4-6,9,12-13H,7H2,1-3H3. The lowest BCUT2D eigenvalue weighted by Gasteiger charge is -2.13. The van der Waals surface area contributed by atoms with E-state index in [0.717, 1.165) is 12.5 Å². The quantitative estimate of drug-likeness (QED) is 0.778. The van der Waals surface area contributed by atoms with E-state index in [0.29, 0.717) is 5.56 Å². The molecule has 0 saturated heterocycles. The number of hydrogen-bond donors (Lipinski definition) is 2. The fraction of sp³-hybridized carbons (Fsp3) is 0.455. The summed E-state index contributed by atoms with van der Waals surface area (Å²) >= 11 is 0. The summed E-state index contributed by atoms with van der Waals surface area (Å²) in [4.78, 5) is -0.543. The van der Waals surface area contributed by atoms with Crippen LogP contribution in [0.25, 0.3) is 0 Å². The predicted octanol–water partition coefficient (Wildman–Crippen LogP) is -0.254. The van der Waals surface area contributed by atoms with Crippen molar-refractivity contribution in [2.24, 2.45) is 0 Å². The Kier molecular flexibility index (Phi) is 4.72. The Balaban J connectivity index is 3.49. The average molecular weight is 307 g/mol. The average Bonchev–Trinajstić information content (AvgIpc) is 2.26. The minimum atomic E-state index is -3.70. The molecule has 8 heteroatoms. The van der Waals surface area contributed by atoms with Gasteiger partial charge in [-0.15, -0.1) is 0 Å². The van der Waals surface area contributed by atoms with Crippen molar-refractivity contribution in [1.29, 1.82) is 0 Å². The zero-order valence-corrected chi connectivity index (χ0v) is 12.5. The fourth-order valence-electron chi connectivity index (χ4n) is 1.64. The SMILES string of the molecule is CNCC(O)c1ccc(S(C)(=O)=O)c(S(C)(=O)=O)c1. The van der Waals surface area contributed by atoms with Crippen molar-refractivity contribution >= 4 is 19.7 Å². The van der Waals surface area contributed by atoms with Crippen molar-refractivity contribution in [3.05, 3.63) is 23.8 Å². The van der Waals surface area contributed by atoms with Crippen molar-refractivity contribution in [1.82, 2.24) is 5.32 Å². The summed E-state index contributed by atoms with van der Waals surface area (Å²) in [5.74, 6) is 0. The van der Waals surface area contributed by atoms with E-state index in [1.807, 2.05) is 0 Å². The van der Waals surface area contributed by atoms with Gasteiger partial charge < -0.3 is 10.4 Å². The molecular weight excluding hydrogens is 290 g/mol. The number of aliphatic hydroxyl groups excluding tert-OH is 1. The monoisotopic (exact) mass is 307 g/mol. The van der Waals surface area contributed by atoms with Crippen LogP contribution in [0.5, 0.6) is 0 Å². The Morgan fingerprint density at radius 3 is 2.05 bits per heavy atom. The Morgan fingerprint density at radius 1 is 1.11 bits per heavy atom. The van der Waals surface area contributed by atoms with E-state index in [-0.39, 0.29) is 16.3 Å². The van der Waals surface area contributed by atoms with Gasteiger partial charge in [0.15, 0.2) is 19.7 Å². The molecule has 0 fully saturated rings. The third kappa shape index (κ3) is 4.00. The molecule has 0 aromatic heterocycles. The number of nitrogens with one attached hydrogen (secondary N) is 1. The van der Waals surface area contributed by atoms with Crippen LogP contribution in [0.3, 0.4) is 0 Å². The molecule has 6 nitrogen and oxygen atoms in total. The molecule has 108 valence electrons. The maximum absolute atomic E-state index is 11.7. The van der Waals surface area contributed by atoms with Crippen LogP contribution >= 0.6 is 0 Å². The van der Waals surface area contributed by atoms with Gasteiger partial charge >= 0.3 is 0 Å². The maximum Gasteiger partial charge on any atom is 0.176 e. The minimum Gasteiger partial charge on any atom is -0.387 e. The van der Waals surface area contributed by atoms with Gasteiger partial charge in [-0.3, -0.25) is 0 Å². The lowest BCUT2D eigenvalue weighted by atomic mass is 10.1. The van der Waals surface area contributed by atoms with Gasteiger partial charge in [0.2, 0.25) is 0 Å². The lowest BCUT2D eigenvalue weighted by Crippen LogP contribution is -2.17. The van der Waals surface area contributed by atoms with Crippen LogP contribution in [-0.4, -0.2) is 48.0 Å². The normalized spacial score (nSPS) is 14.3. The number of hydrogen-bond acceptors (Lipinski definition) is 6. The van der Waals surface area contributed by atoms with Gasteiger partial charge in [-0.1, -0.05) is 6.07 Å². The van der Waals surface area contributed by atoms with Crippen LogP contribution < -0.4 is 5.32 Å². The first-order chi connectivity index (χ1) is 8.57. The zero-order chi connectivity index (χ0) is 14.8. The van der Waals surface area contributed by atoms with Crippen LogP contribution in [0.1, 0.15) is 11.7 Å². The first-order valence-corrected chi connectivity index (χ1v) is 9.22. The van der Waals surface area contributed by atoms with Crippen molar-refractivity contribution in [3.63, 3.8) is 0 Å². The van der Waals surface area contributed by atoms with Crippen LogP contribution in [0.15, 0.2) is 28.0 Å². The number of sulfone groups is 2. The molecule has 1 rings (SSSR count). The second-order valence-corrected chi connectivity index (χ2v) is 8.29. The van der Waals surface area contributed by atoms with Gasteiger partial charge in [-0.25, -0.2) is 16.8 Å². The van der Waals surface area contributed by atoms with E-state index >= 15 is 0 Å². The highest BCUT2D eigenvalue weighted by Crippen LogP contribution is 2.25. The molecule has 0 aliphatic heterocycles. The second-order valence-electron chi connectivity index (χ2n) is 4.32. The molecule has 0 radical (unpaired) electrons. The van der Waals surface area contributed by atoms with Crippen LogP contribution in [-0.2, 0) is 19.7 Å². The van der Waals surface area contributed by atoms with E-state index in [9.17, 15) is 21.9 Å². The highest BCUT2D eigenvalue weighted by Gasteiger charge is 2.22. The van der Waals surface area contributed by atoms with Crippen LogP contribution in [0.2, 0.25) is 0 Å². The minimum absolute atomic E-state index is 0.238. The summed E-state index contributed by atoms with van der Waals surface area (Å²) in [5, 5.41) is 12.5. The molecular formula is C11H17NO5S2. The third-order valence-electron chi connectivity index (χ3n) is 2.55. The highest BCUT2D eigenvalue weighted by molar-refractivity contribution is 7.93. The topological polar surface area (TPSA) is 101 Å². The van der Waals surface area contributed by atoms with Crippen LogP contribution in [0, 0.1) is 0 Å². The number of rotatable bonds is 5. The third-order valence-corrected chi connectivity index (χ3v) is 4.97. The molecule has 0 spiro atoms. The predicted molar refractivity (Wildman–Crippen MR) is 71.5 cm³/mol. The second kappa shape index (κ2) is 5.58. The van der Waals surface area contributed by atoms with Crippen molar-refractivity contribution in [2.45, 2.75) is 15.9 Å². The molecule has 0 amide bonds. The fourth-order valence-corrected chi connectivity index (χ4v) is 4.07. The lowest BCUT2D eigenvalue weighted by molar-refractivity contribution is 0.177. The Bertz CT molecular complexity index is 664. The molecule has 1 aromatic rings. The van der Waals surface area contributed by atoms with E-state index in [1.54, 1.807) is 7.05 Å². The molecule has 0 aliphatic rings. The van der Waals surface area contributed by atoms with E-state index < -0.39 is 25.8 Å². The van der Waals surface area contributed by atoms with Gasteiger partial charge in [-0.05, 0) is 24.7 Å². The molecule has 19 heavy (non-hydrogen) atoms. The summed E-state index contributed by atoms with van der Waals surface area (Å²) in [6.45, 7) is 0.238. The van der Waals surface area contributed by atoms with Gasteiger partial charge in [0, 0.05) is 19.1 Å². The van der Waals surface area contributed by atoms with Gasteiger partial charge in [0.1, 0.15) is 0 Å². The van der Waals surface area contributed by atoms with Crippen molar-refractivity contribution in [3.8, 4) is 0 Å². The largest absolute Gasteiger partial charge is 0.387 e. The van der Waals surface area contributed by atoms with Gasteiger partial charge in [-0.2, -0.15) is 0 Å². The Hall–Kier alpha value is -0.960. The van der Waals surface area contributed by atoms with E-state index in [1.165, 1.54) is 18.2 Å². The van der Waals surface area contributed by atoms with Gasteiger partial charge in [0.25, 0.3) is 0 Å². The van der Waals surface area contributed by atoms with Crippen molar-refractivity contribution < 1.29 is 21.9 Å². The molecule has 0 aliphatic carbocycles. The molecule has 0 heterocycles. The first kappa shape index (κ1) is 16.1. The van der Waals surface area contributed by atoms with Crippen molar-refractivity contribution in [2.75, 3.05) is 26.1 Å². The molecule has 2 N–H and O–H groups in total. The smallest absolute Gasteiger partial charge is 0.176 e. The highest BCUT2D eigenvalue weighted by atomic mass is 32.2. The molecule has 1 atom stereocenters. The summed E-state index contributed by atoms with van der Waals surface area (Å²) < 4.78 is 46.5. The summed E-state index contributed by atoms with van der Waals surface area (Å²) in [5.41, 5.74) is 0.349. The summed E-state index contributed by atoms with van der Waals surface area (Å²) in [7, 11) is -5.70. The molecule has 1 aromatic carbocycles. The first-order valence-electron chi connectivity index (χ1n) is 5.44. The number of likely N-dealkylation sites (N-methyl/N-ethyl adjacent to an activating group) is 1. The number of aliphatic hydroxyl groups is 1. The zero-order valence-electron chi connectivity index (χ0n) is 10.9. The molecule has 0 saturated carbocycles. The van der Waals surface area contributed by atoms with Crippen LogP contribution in [0.4, 0.5) is 0 Å². The summed E-state index contributed by atoms with van der Waals surface area (Å²) in [6, 6.07) is 3.82. The Morgan fingerprint density at radius 2 is 1.63 bits per heavy atom. The molecule has 0 bridgehead atoms. The Labute approximate surface area is 113 Å². The molecule has 1 unspecified atom stereocenters. The van der Waals surface area contributed by atoms with E-state index in [2.05, 4.69) is 5.32 Å². The maximum atomic E-state index is 11.7. The summed E-state index contributed by atoms with van der Waals surface area (Å²) in [6.07, 6.45) is 0.977.